The van der Waals surface area contributed by atoms with Gasteiger partial charge in [-0.25, -0.2) is 4.79 Å². The van der Waals surface area contributed by atoms with E-state index in [0.717, 1.165) is 5.56 Å². The number of carbonyl (C=O) groups is 1. The van der Waals surface area contributed by atoms with Gasteiger partial charge in [0.05, 0.1) is 0 Å². The minimum absolute atomic E-state index is 0.309. The van der Waals surface area contributed by atoms with Crippen LogP contribution in [0.3, 0.4) is 0 Å². The summed E-state index contributed by atoms with van der Waals surface area (Å²) < 4.78 is 18.1. The number of rotatable bonds is 3. The van der Waals surface area contributed by atoms with Gasteiger partial charge in [-0.2, -0.15) is 4.39 Å². The highest BCUT2D eigenvalue weighted by Crippen LogP contribution is 2.18. The highest BCUT2D eigenvalue weighted by molar-refractivity contribution is 5.86. The molecule has 1 aromatic heterocycles. The minimum atomic E-state index is -0.934. The summed E-state index contributed by atoms with van der Waals surface area (Å²) in [6.07, 6.45) is 2.69. The lowest BCUT2D eigenvalue weighted by molar-refractivity contribution is -0.145. The molecule has 0 aliphatic carbocycles. The molecule has 1 aromatic rings. The summed E-state index contributed by atoms with van der Waals surface area (Å²) in [5.74, 6) is -1.77. The summed E-state index contributed by atoms with van der Waals surface area (Å²) in [5.41, 5.74) is 1.04. The maximum Gasteiger partial charge on any atom is 0.367 e. The van der Waals surface area contributed by atoms with Crippen LogP contribution in [0.2, 0.25) is 0 Å². The van der Waals surface area contributed by atoms with Gasteiger partial charge in [0.2, 0.25) is 5.83 Å². The van der Waals surface area contributed by atoms with Crippen LogP contribution in [0.15, 0.2) is 35.9 Å². The quantitative estimate of drug-likeness (QED) is 0.584. The third-order valence-electron chi connectivity index (χ3n) is 2.06. The SMILES string of the molecule is CC(C)=C(F)C(=O)O[C@@H](C)c1cccnc1. The molecule has 0 aliphatic heterocycles. The summed E-state index contributed by atoms with van der Waals surface area (Å²) in [6.45, 7) is 4.71. The fourth-order valence-electron chi connectivity index (χ4n) is 1.10. The molecule has 86 valence electrons. The van der Waals surface area contributed by atoms with Crippen molar-refractivity contribution in [1.82, 2.24) is 4.98 Å². The third-order valence-corrected chi connectivity index (χ3v) is 2.06. The van der Waals surface area contributed by atoms with Gasteiger partial charge in [-0.05, 0) is 32.4 Å². The molecule has 4 heteroatoms. The highest BCUT2D eigenvalue weighted by atomic mass is 19.1. The van der Waals surface area contributed by atoms with E-state index in [-0.39, 0.29) is 0 Å². The molecule has 0 N–H and O–H groups in total. The molecule has 0 radical (unpaired) electrons. The summed E-state index contributed by atoms with van der Waals surface area (Å²) in [6, 6.07) is 3.50. The van der Waals surface area contributed by atoms with E-state index in [9.17, 15) is 9.18 Å². The van der Waals surface area contributed by atoms with Crippen molar-refractivity contribution < 1.29 is 13.9 Å². The first-order chi connectivity index (χ1) is 7.52. The molecule has 0 aromatic carbocycles. The Morgan fingerprint density at radius 3 is 2.69 bits per heavy atom. The Morgan fingerprint density at radius 2 is 2.19 bits per heavy atom. The van der Waals surface area contributed by atoms with Gasteiger partial charge in [0.15, 0.2) is 0 Å². The first-order valence-electron chi connectivity index (χ1n) is 4.96. The van der Waals surface area contributed by atoms with Crippen LogP contribution in [0.4, 0.5) is 4.39 Å². The van der Waals surface area contributed by atoms with Gasteiger partial charge in [-0.3, -0.25) is 4.98 Å². The molecular formula is C12H14FNO2. The largest absolute Gasteiger partial charge is 0.452 e. The number of nitrogens with zero attached hydrogens (tertiary/aromatic N) is 1. The molecular weight excluding hydrogens is 209 g/mol. The molecule has 0 bridgehead atoms. The summed E-state index contributed by atoms with van der Waals surface area (Å²) in [5, 5.41) is 0. The molecule has 0 spiro atoms. The van der Waals surface area contributed by atoms with Crippen LogP contribution >= 0.6 is 0 Å². The zero-order chi connectivity index (χ0) is 12.1. The van der Waals surface area contributed by atoms with Crippen molar-refractivity contribution >= 4 is 5.97 Å². The molecule has 0 saturated carbocycles. The van der Waals surface area contributed by atoms with Crippen molar-refractivity contribution in [2.75, 3.05) is 0 Å². The Morgan fingerprint density at radius 1 is 1.50 bits per heavy atom. The van der Waals surface area contributed by atoms with E-state index < -0.39 is 17.9 Å². The van der Waals surface area contributed by atoms with Crippen LogP contribution < -0.4 is 0 Å². The molecule has 0 saturated heterocycles. The van der Waals surface area contributed by atoms with Crippen LogP contribution in [0.5, 0.6) is 0 Å². The van der Waals surface area contributed by atoms with Crippen molar-refractivity contribution in [3.8, 4) is 0 Å². The van der Waals surface area contributed by atoms with Gasteiger partial charge in [0.1, 0.15) is 6.10 Å². The van der Waals surface area contributed by atoms with E-state index in [1.165, 1.54) is 13.8 Å². The monoisotopic (exact) mass is 223 g/mol. The number of hydrogen-bond acceptors (Lipinski definition) is 3. The minimum Gasteiger partial charge on any atom is -0.452 e. The average Bonchev–Trinajstić information content (AvgIpc) is 2.28. The number of hydrogen-bond donors (Lipinski definition) is 0. The Labute approximate surface area is 94.0 Å². The van der Waals surface area contributed by atoms with Gasteiger partial charge in [0.25, 0.3) is 0 Å². The van der Waals surface area contributed by atoms with Gasteiger partial charge >= 0.3 is 5.97 Å². The Kier molecular flexibility index (Phi) is 4.17. The average molecular weight is 223 g/mol. The van der Waals surface area contributed by atoms with Crippen LogP contribution in [-0.2, 0) is 9.53 Å². The molecule has 0 unspecified atom stereocenters. The zero-order valence-corrected chi connectivity index (χ0v) is 9.53. The molecule has 1 atom stereocenters. The first-order valence-corrected chi connectivity index (χ1v) is 4.96. The fraction of sp³-hybridized carbons (Fsp3) is 0.333. The second kappa shape index (κ2) is 5.39. The topological polar surface area (TPSA) is 39.2 Å². The highest BCUT2D eigenvalue weighted by Gasteiger charge is 2.16. The van der Waals surface area contributed by atoms with Crippen molar-refractivity contribution in [2.24, 2.45) is 0 Å². The van der Waals surface area contributed by atoms with E-state index in [4.69, 9.17) is 4.74 Å². The predicted molar refractivity (Wildman–Crippen MR) is 58.2 cm³/mol. The third kappa shape index (κ3) is 3.15. The fourth-order valence-corrected chi connectivity index (χ4v) is 1.10. The van der Waals surface area contributed by atoms with Crippen LogP contribution in [0.1, 0.15) is 32.4 Å². The van der Waals surface area contributed by atoms with E-state index in [2.05, 4.69) is 4.98 Å². The number of carbonyl (C=O) groups excluding carboxylic acids is 1. The lowest BCUT2D eigenvalue weighted by Crippen LogP contribution is -2.10. The summed E-state index contributed by atoms with van der Waals surface area (Å²) in [4.78, 5) is 15.2. The van der Waals surface area contributed by atoms with Gasteiger partial charge in [0, 0.05) is 18.0 Å². The van der Waals surface area contributed by atoms with E-state index >= 15 is 0 Å². The smallest absolute Gasteiger partial charge is 0.367 e. The van der Waals surface area contributed by atoms with Crippen molar-refractivity contribution in [1.29, 1.82) is 0 Å². The van der Waals surface area contributed by atoms with Crippen molar-refractivity contribution in [3.63, 3.8) is 0 Å². The lowest BCUT2D eigenvalue weighted by Gasteiger charge is -2.12. The molecule has 0 fully saturated rings. The number of esters is 1. The Hall–Kier alpha value is -1.71. The number of aromatic nitrogens is 1. The maximum atomic E-state index is 13.2. The number of halogens is 1. The molecule has 1 heterocycles. The summed E-state index contributed by atoms with van der Waals surface area (Å²) >= 11 is 0. The molecule has 16 heavy (non-hydrogen) atoms. The van der Waals surface area contributed by atoms with Crippen molar-refractivity contribution in [3.05, 3.63) is 41.5 Å². The first kappa shape index (κ1) is 12.4. The number of ether oxygens (including phenoxy) is 1. The lowest BCUT2D eigenvalue weighted by atomic mass is 10.2. The summed E-state index contributed by atoms with van der Waals surface area (Å²) in [7, 11) is 0. The molecule has 3 nitrogen and oxygen atoms in total. The standard InChI is InChI=1S/C12H14FNO2/c1-8(2)11(13)12(15)16-9(3)10-5-4-6-14-7-10/h4-7,9H,1-3H3/t9-/m0/s1. The van der Waals surface area contributed by atoms with E-state index in [1.807, 2.05) is 0 Å². The van der Waals surface area contributed by atoms with E-state index in [1.54, 1.807) is 31.5 Å². The van der Waals surface area contributed by atoms with Crippen molar-refractivity contribution in [2.45, 2.75) is 26.9 Å². The van der Waals surface area contributed by atoms with E-state index in [0.29, 0.717) is 5.57 Å². The molecule has 0 amide bonds. The zero-order valence-electron chi connectivity index (χ0n) is 9.53. The van der Waals surface area contributed by atoms with Crippen LogP contribution in [-0.4, -0.2) is 11.0 Å². The Balaban J connectivity index is 2.70. The molecule has 0 aliphatic rings. The van der Waals surface area contributed by atoms with Crippen LogP contribution in [0, 0.1) is 0 Å². The van der Waals surface area contributed by atoms with Crippen LogP contribution in [0.25, 0.3) is 0 Å². The van der Waals surface area contributed by atoms with Gasteiger partial charge in [-0.15, -0.1) is 0 Å². The molecule has 1 rings (SSSR count). The van der Waals surface area contributed by atoms with Gasteiger partial charge < -0.3 is 4.74 Å². The maximum absolute atomic E-state index is 13.2. The Bertz CT molecular complexity index is 397. The number of allylic oxidation sites excluding steroid dienone is 1. The second-order valence-electron chi connectivity index (χ2n) is 3.65. The second-order valence-corrected chi connectivity index (χ2v) is 3.65. The predicted octanol–water partition coefficient (Wildman–Crippen LogP) is 2.95. The number of pyridine rings is 1. The van der Waals surface area contributed by atoms with Gasteiger partial charge in [-0.1, -0.05) is 6.07 Å². The normalized spacial score (nSPS) is 11.8.